The van der Waals surface area contributed by atoms with Gasteiger partial charge in [0.15, 0.2) is 0 Å². The van der Waals surface area contributed by atoms with Gasteiger partial charge in [-0.3, -0.25) is 0 Å². The lowest BCUT2D eigenvalue weighted by atomic mass is 10.1. The monoisotopic (exact) mass is 389 g/mol. The van der Waals surface area contributed by atoms with Gasteiger partial charge >= 0.3 is 5.97 Å². The van der Waals surface area contributed by atoms with Gasteiger partial charge in [-0.05, 0) is 48.6 Å². The van der Waals surface area contributed by atoms with Crippen LogP contribution in [0.4, 0.5) is 8.78 Å². The van der Waals surface area contributed by atoms with Gasteiger partial charge in [-0.1, -0.05) is 15.9 Å². The lowest BCUT2D eigenvalue weighted by Crippen LogP contribution is -2.00. The first-order valence-electron chi connectivity index (χ1n) is 6.91. The number of carbonyl (C=O) groups is 1. The number of hydrogen-bond donors (Lipinski definition) is 1. The largest absolute Gasteiger partial charge is 0.478 e. The molecule has 0 spiro atoms. The van der Waals surface area contributed by atoms with E-state index in [1.165, 1.54) is 24.3 Å². The first-order valence-corrected chi connectivity index (χ1v) is 7.70. The van der Waals surface area contributed by atoms with Crippen molar-refractivity contribution in [2.75, 3.05) is 0 Å². The molecule has 0 amide bonds. The number of nitrogens with zero attached hydrogens (tertiary/aromatic N) is 1. The van der Waals surface area contributed by atoms with Gasteiger partial charge < -0.3 is 5.11 Å². The van der Waals surface area contributed by atoms with Crippen molar-refractivity contribution in [1.29, 1.82) is 0 Å². The zero-order valence-corrected chi connectivity index (χ0v) is 13.7. The lowest BCUT2D eigenvalue weighted by molar-refractivity contribution is 0.0699. The second-order valence-electron chi connectivity index (χ2n) is 5.06. The normalized spacial score (nSPS) is 11.3. The van der Waals surface area contributed by atoms with E-state index < -0.39 is 17.6 Å². The van der Waals surface area contributed by atoms with Gasteiger partial charge in [0, 0.05) is 21.5 Å². The van der Waals surface area contributed by atoms with Crippen LogP contribution >= 0.6 is 15.9 Å². The first kappa shape index (κ1) is 16.3. The fourth-order valence-corrected chi connectivity index (χ4v) is 2.65. The number of halogens is 3. The van der Waals surface area contributed by atoms with Crippen LogP contribution in [0.1, 0.15) is 21.6 Å². The molecular formula is C18H10BrF2NO2. The zero-order chi connectivity index (χ0) is 17.3. The molecule has 2 aromatic carbocycles. The molecule has 0 unspecified atom stereocenters. The van der Waals surface area contributed by atoms with Crippen molar-refractivity contribution in [1.82, 2.24) is 4.98 Å². The Kier molecular flexibility index (Phi) is 4.40. The summed E-state index contributed by atoms with van der Waals surface area (Å²) in [5.74, 6) is -2.44. The third kappa shape index (κ3) is 3.33. The smallest absolute Gasteiger partial charge is 0.336 e. The summed E-state index contributed by atoms with van der Waals surface area (Å²) in [4.78, 5) is 15.8. The van der Waals surface area contributed by atoms with Crippen LogP contribution in [0.5, 0.6) is 0 Å². The van der Waals surface area contributed by atoms with Gasteiger partial charge in [-0.2, -0.15) is 0 Å². The maximum Gasteiger partial charge on any atom is 0.336 e. The number of benzene rings is 2. The Morgan fingerprint density at radius 2 is 1.88 bits per heavy atom. The highest BCUT2D eigenvalue weighted by Crippen LogP contribution is 2.24. The zero-order valence-electron chi connectivity index (χ0n) is 12.1. The van der Waals surface area contributed by atoms with E-state index in [0.29, 0.717) is 16.6 Å². The molecule has 0 saturated heterocycles. The van der Waals surface area contributed by atoms with Crippen molar-refractivity contribution in [2.24, 2.45) is 0 Å². The van der Waals surface area contributed by atoms with Crippen LogP contribution in [-0.2, 0) is 0 Å². The van der Waals surface area contributed by atoms with Gasteiger partial charge in [0.2, 0.25) is 0 Å². The molecule has 0 aliphatic heterocycles. The van der Waals surface area contributed by atoms with E-state index in [9.17, 15) is 18.7 Å². The van der Waals surface area contributed by atoms with Crippen LogP contribution in [0.15, 0.2) is 46.9 Å². The maximum absolute atomic E-state index is 13.6. The highest BCUT2D eigenvalue weighted by atomic mass is 79.9. The molecule has 24 heavy (non-hydrogen) atoms. The Morgan fingerprint density at radius 1 is 1.08 bits per heavy atom. The van der Waals surface area contributed by atoms with E-state index in [0.717, 1.165) is 16.6 Å². The Morgan fingerprint density at radius 3 is 2.58 bits per heavy atom. The van der Waals surface area contributed by atoms with E-state index in [1.807, 2.05) is 0 Å². The summed E-state index contributed by atoms with van der Waals surface area (Å²) in [6.07, 6.45) is 2.91. The average molecular weight is 390 g/mol. The van der Waals surface area contributed by atoms with Crippen molar-refractivity contribution < 1.29 is 18.7 Å². The van der Waals surface area contributed by atoms with Crippen LogP contribution in [-0.4, -0.2) is 16.1 Å². The number of fused-ring (bicyclic) bond motifs is 1. The fourth-order valence-electron chi connectivity index (χ4n) is 2.29. The third-order valence-electron chi connectivity index (χ3n) is 3.42. The highest BCUT2D eigenvalue weighted by Gasteiger charge is 2.11. The highest BCUT2D eigenvalue weighted by molar-refractivity contribution is 9.10. The SMILES string of the molecule is O=C(O)c1cc(C=Cc2ccc(F)cc2F)nc2ccc(Br)cc12. The standard InChI is InChI=1S/C18H10BrF2NO2/c19-11-3-6-17-14(7-11)15(18(23)24)9-13(22-17)5-2-10-1-4-12(20)8-16(10)21/h1-9H,(H,23,24). The van der Waals surface area contributed by atoms with E-state index in [4.69, 9.17) is 0 Å². The molecule has 1 heterocycles. The van der Waals surface area contributed by atoms with Crippen molar-refractivity contribution in [3.05, 3.63) is 75.4 Å². The second-order valence-corrected chi connectivity index (χ2v) is 5.98. The number of carboxylic acids is 1. The first-order chi connectivity index (χ1) is 11.4. The van der Waals surface area contributed by atoms with E-state index in [2.05, 4.69) is 20.9 Å². The van der Waals surface area contributed by atoms with Crippen LogP contribution in [0.2, 0.25) is 0 Å². The van der Waals surface area contributed by atoms with E-state index >= 15 is 0 Å². The number of hydrogen-bond acceptors (Lipinski definition) is 2. The molecule has 0 saturated carbocycles. The lowest BCUT2D eigenvalue weighted by Gasteiger charge is -2.05. The molecule has 1 aromatic heterocycles. The molecule has 0 bridgehead atoms. The summed E-state index contributed by atoms with van der Waals surface area (Å²) in [5, 5.41) is 9.89. The van der Waals surface area contributed by atoms with Gasteiger partial charge in [0.05, 0.1) is 16.8 Å². The predicted octanol–water partition coefficient (Wildman–Crippen LogP) is 5.14. The Balaban J connectivity index is 2.08. The summed E-state index contributed by atoms with van der Waals surface area (Å²) in [5.41, 5.74) is 1.16. The minimum Gasteiger partial charge on any atom is -0.478 e. The van der Waals surface area contributed by atoms with Gasteiger partial charge in [0.1, 0.15) is 11.6 Å². The molecule has 0 aliphatic rings. The molecule has 3 aromatic rings. The molecule has 0 aliphatic carbocycles. The molecular weight excluding hydrogens is 380 g/mol. The summed E-state index contributed by atoms with van der Waals surface area (Å²) in [6.45, 7) is 0. The fraction of sp³-hybridized carbons (Fsp3) is 0. The maximum atomic E-state index is 13.6. The Labute approximate surface area is 144 Å². The molecule has 6 heteroatoms. The van der Waals surface area contributed by atoms with Crippen LogP contribution in [0.25, 0.3) is 23.1 Å². The third-order valence-corrected chi connectivity index (χ3v) is 3.91. The minimum atomic E-state index is -1.08. The van der Waals surface area contributed by atoms with Gasteiger partial charge in [-0.15, -0.1) is 0 Å². The molecule has 0 fully saturated rings. The summed E-state index contributed by atoms with van der Waals surface area (Å²) < 4.78 is 27.3. The molecule has 120 valence electrons. The predicted molar refractivity (Wildman–Crippen MR) is 91.7 cm³/mol. The summed E-state index contributed by atoms with van der Waals surface area (Å²) in [7, 11) is 0. The van der Waals surface area contributed by atoms with E-state index in [-0.39, 0.29) is 11.1 Å². The van der Waals surface area contributed by atoms with E-state index in [1.54, 1.807) is 18.2 Å². The molecule has 3 rings (SSSR count). The van der Waals surface area contributed by atoms with Crippen molar-refractivity contribution in [3.8, 4) is 0 Å². The molecule has 1 N–H and O–H groups in total. The summed E-state index contributed by atoms with van der Waals surface area (Å²) in [6, 6.07) is 9.78. The molecule has 0 atom stereocenters. The van der Waals surface area contributed by atoms with Crippen molar-refractivity contribution in [2.45, 2.75) is 0 Å². The molecule has 3 nitrogen and oxygen atoms in total. The molecule has 0 radical (unpaired) electrons. The van der Waals surface area contributed by atoms with Crippen molar-refractivity contribution >= 4 is 45.0 Å². The minimum absolute atomic E-state index is 0.0977. The second kappa shape index (κ2) is 6.49. The van der Waals surface area contributed by atoms with Crippen LogP contribution in [0, 0.1) is 11.6 Å². The average Bonchev–Trinajstić information content (AvgIpc) is 2.53. The number of aromatic carboxylic acids is 1. The van der Waals surface area contributed by atoms with Crippen molar-refractivity contribution in [3.63, 3.8) is 0 Å². The number of carboxylic acid groups (broad SMARTS) is 1. The van der Waals surface area contributed by atoms with Gasteiger partial charge in [-0.25, -0.2) is 18.6 Å². The van der Waals surface area contributed by atoms with Crippen LogP contribution < -0.4 is 0 Å². The quantitative estimate of drug-likeness (QED) is 0.674. The number of aromatic nitrogens is 1. The number of pyridine rings is 1. The van der Waals surface area contributed by atoms with Gasteiger partial charge in [0.25, 0.3) is 0 Å². The Hall–Kier alpha value is -2.60. The summed E-state index contributed by atoms with van der Waals surface area (Å²) >= 11 is 3.30. The number of rotatable bonds is 3. The Bertz CT molecular complexity index is 986. The topological polar surface area (TPSA) is 50.2 Å². The van der Waals surface area contributed by atoms with Crippen LogP contribution in [0.3, 0.4) is 0 Å².